The second-order valence-corrected chi connectivity index (χ2v) is 18.4. The third kappa shape index (κ3) is 5.92. The number of hydrogen-bond donors (Lipinski definition) is 0. The van der Waals surface area contributed by atoms with Crippen molar-refractivity contribution in [1.82, 2.24) is 9.13 Å². The SMILES string of the molecule is c1ccc(-c2ccc(-n3c4ccccc4c4cc(-c5ccc6c(c5)c5c7c(ccc5n6-c5cccc(-c6ccccc6)c5)C(c5ccccc5)(c5ccccc5)c5ccccc5-7)ccc43)cc2)cc1. The predicted molar refractivity (Wildman–Crippen MR) is 289 cm³/mol. The summed E-state index contributed by atoms with van der Waals surface area (Å²) in [7, 11) is 0. The molecule has 69 heavy (non-hydrogen) atoms. The predicted octanol–water partition coefficient (Wildman–Crippen LogP) is 17.2. The number of fused-ring (bicyclic) bond motifs is 10. The van der Waals surface area contributed by atoms with E-state index in [1.165, 1.54) is 110 Å². The lowest BCUT2D eigenvalue weighted by Gasteiger charge is -2.33. The van der Waals surface area contributed by atoms with E-state index in [-0.39, 0.29) is 0 Å². The van der Waals surface area contributed by atoms with Crippen LogP contribution in [0.15, 0.2) is 267 Å². The minimum atomic E-state index is -0.511. The van der Waals surface area contributed by atoms with Gasteiger partial charge in [0.15, 0.2) is 0 Å². The quantitative estimate of drug-likeness (QED) is 0.151. The summed E-state index contributed by atoms with van der Waals surface area (Å²) >= 11 is 0. The first-order valence-electron chi connectivity index (χ1n) is 23.9. The molecule has 2 nitrogen and oxygen atoms in total. The van der Waals surface area contributed by atoms with Crippen molar-refractivity contribution in [2.75, 3.05) is 0 Å². The van der Waals surface area contributed by atoms with Gasteiger partial charge in [0, 0.05) is 32.9 Å². The van der Waals surface area contributed by atoms with Crippen LogP contribution in [0, 0.1) is 0 Å². The fourth-order valence-electron chi connectivity index (χ4n) is 11.8. The van der Waals surface area contributed by atoms with Crippen molar-refractivity contribution in [2.24, 2.45) is 0 Å². The average molecular weight is 877 g/mol. The van der Waals surface area contributed by atoms with Gasteiger partial charge in [-0.2, -0.15) is 0 Å². The number of rotatable bonds is 7. The highest BCUT2D eigenvalue weighted by molar-refractivity contribution is 6.19. The topological polar surface area (TPSA) is 9.86 Å². The summed E-state index contributed by atoms with van der Waals surface area (Å²) in [6.07, 6.45) is 0. The second kappa shape index (κ2) is 15.6. The zero-order valence-electron chi connectivity index (χ0n) is 37.8. The number of aromatic nitrogens is 2. The van der Waals surface area contributed by atoms with E-state index >= 15 is 0 Å². The summed E-state index contributed by atoms with van der Waals surface area (Å²) in [5, 5.41) is 4.98. The number of nitrogens with zero attached hydrogens (tertiary/aromatic N) is 2. The first-order valence-corrected chi connectivity index (χ1v) is 23.9. The van der Waals surface area contributed by atoms with Crippen LogP contribution in [0.2, 0.25) is 0 Å². The van der Waals surface area contributed by atoms with Crippen LogP contribution in [0.25, 0.3) is 99.5 Å². The highest BCUT2D eigenvalue weighted by atomic mass is 15.0. The van der Waals surface area contributed by atoms with Crippen LogP contribution in [0.3, 0.4) is 0 Å². The molecule has 0 unspecified atom stereocenters. The van der Waals surface area contributed by atoms with Gasteiger partial charge < -0.3 is 9.13 Å². The Morgan fingerprint density at radius 3 is 1.43 bits per heavy atom. The smallest absolute Gasteiger partial charge is 0.0713 e. The van der Waals surface area contributed by atoms with Crippen molar-refractivity contribution in [3.63, 3.8) is 0 Å². The fraction of sp³-hybridized carbons (Fsp3) is 0.0149. The molecule has 0 atom stereocenters. The molecule has 1 aliphatic carbocycles. The van der Waals surface area contributed by atoms with E-state index in [0.717, 1.165) is 11.4 Å². The molecule has 0 radical (unpaired) electrons. The maximum atomic E-state index is 2.49. The lowest BCUT2D eigenvalue weighted by Crippen LogP contribution is -2.28. The van der Waals surface area contributed by atoms with E-state index in [2.05, 4.69) is 276 Å². The normalized spacial score (nSPS) is 12.8. The van der Waals surface area contributed by atoms with Crippen molar-refractivity contribution in [3.05, 3.63) is 289 Å². The third-order valence-electron chi connectivity index (χ3n) is 14.8. The van der Waals surface area contributed by atoms with Gasteiger partial charge in [-0.15, -0.1) is 0 Å². The number of para-hydroxylation sites is 1. The summed E-state index contributed by atoms with van der Waals surface area (Å²) in [6, 6.07) is 98.6. The fourth-order valence-corrected chi connectivity index (χ4v) is 11.8. The molecule has 0 fully saturated rings. The van der Waals surface area contributed by atoms with Crippen LogP contribution < -0.4 is 0 Å². The maximum absolute atomic E-state index is 2.49. The van der Waals surface area contributed by atoms with E-state index in [9.17, 15) is 0 Å². The molecule has 0 saturated heterocycles. The molecule has 2 aromatic heterocycles. The molecular formula is C67H44N2. The van der Waals surface area contributed by atoms with Gasteiger partial charge in [0.1, 0.15) is 0 Å². The summed E-state index contributed by atoms with van der Waals surface area (Å²) in [5.74, 6) is 0. The summed E-state index contributed by atoms with van der Waals surface area (Å²) in [6.45, 7) is 0. The van der Waals surface area contributed by atoms with Gasteiger partial charge in [-0.3, -0.25) is 0 Å². The van der Waals surface area contributed by atoms with E-state index < -0.39 is 5.41 Å². The van der Waals surface area contributed by atoms with Crippen LogP contribution in [-0.2, 0) is 5.41 Å². The molecule has 13 aromatic rings. The molecule has 2 heteroatoms. The van der Waals surface area contributed by atoms with Gasteiger partial charge in [-0.05, 0) is 127 Å². The van der Waals surface area contributed by atoms with Crippen molar-refractivity contribution in [1.29, 1.82) is 0 Å². The van der Waals surface area contributed by atoms with Gasteiger partial charge in [0.05, 0.1) is 27.5 Å². The third-order valence-corrected chi connectivity index (χ3v) is 14.8. The minimum Gasteiger partial charge on any atom is -0.309 e. The lowest BCUT2D eigenvalue weighted by atomic mass is 9.67. The molecule has 14 rings (SSSR count). The summed E-state index contributed by atoms with van der Waals surface area (Å²) in [5.41, 5.74) is 21.5. The Hall–Kier alpha value is -8.98. The van der Waals surface area contributed by atoms with Gasteiger partial charge in [0.2, 0.25) is 0 Å². The largest absolute Gasteiger partial charge is 0.309 e. The molecule has 11 aromatic carbocycles. The molecule has 322 valence electrons. The Morgan fingerprint density at radius 2 is 0.739 bits per heavy atom. The van der Waals surface area contributed by atoms with Crippen LogP contribution in [0.1, 0.15) is 22.3 Å². The lowest BCUT2D eigenvalue weighted by molar-refractivity contribution is 0.769. The molecule has 0 N–H and O–H groups in total. The highest BCUT2D eigenvalue weighted by Crippen LogP contribution is 2.59. The van der Waals surface area contributed by atoms with Crippen molar-refractivity contribution in [3.8, 4) is 55.9 Å². The molecule has 1 aliphatic rings. The molecular weight excluding hydrogens is 833 g/mol. The molecule has 0 amide bonds. The van der Waals surface area contributed by atoms with Crippen molar-refractivity contribution >= 4 is 43.6 Å². The van der Waals surface area contributed by atoms with Crippen molar-refractivity contribution in [2.45, 2.75) is 5.41 Å². The van der Waals surface area contributed by atoms with E-state index in [4.69, 9.17) is 0 Å². The zero-order valence-corrected chi connectivity index (χ0v) is 37.8. The van der Waals surface area contributed by atoms with E-state index in [1.807, 2.05) is 0 Å². The van der Waals surface area contributed by atoms with Crippen LogP contribution in [0.4, 0.5) is 0 Å². The van der Waals surface area contributed by atoms with Crippen LogP contribution >= 0.6 is 0 Å². The molecule has 0 saturated carbocycles. The van der Waals surface area contributed by atoms with Gasteiger partial charge in [-0.1, -0.05) is 206 Å². The standard InChI is InChI=1S/C67H44N2/c1-5-18-45(19-6-1)47-32-36-53(37-33-47)68-61-31-16-14-28-55(61)57-43-49(34-39-62(57)68)50-35-40-63-58(44-50)66-64(69(63)54-27-17-22-48(42-54)46-20-7-2-8-21-46)41-38-60-65(66)56-29-13-15-30-59(56)67(60,51-23-9-3-10-24-51)52-25-11-4-12-26-52/h1-44H. The van der Waals surface area contributed by atoms with E-state index in [0.29, 0.717) is 0 Å². The Balaban J connectivity index is 1.02. The van der Waals surface area contributed by atoms with Crippen LogP contribution in [-0.4, -0.2) is 9.13 Å². The van der Waals surface area contributed by atoms with Gasteiger partial charge >= 0.3 is 0 Å². The Labute approximate surface area is 401 Å². The highest BCUT2D eigenvalue weighted by Gasteiger charge is 2.47. The Morgan fingerprint density at radius 1 is 0.261 bits per heavy atom. The zero-order chi connectivity index (χ0) is 45.5. The molecule has 0 spiro atoms. The van der Waals surface area contributed by atoms with Crippen molar-refractivity contribution < 1.29 is 0 Å². The number of hydrogen-bond acceptors (Lipinski definition) is 0. The van der Waals surface area contributed by atoms with Crippen LogP contribution in [0.5, 0.6) is 0 Å². The Kier molecular flexibility index (Phi) is 8.84. The second-order valence-electron chi connectivity index (χ2n) is 18.4. The maximum Gasteiger partial charge on any atom is 0.0713 e. The molecule has 0 bridgehead atoms. The summed E-state index contributed by atoms with van der Waals surface area (Å²) < 4.78 is 4.91. The first-order chi connectivity index (χ1) is 34.2. The minimum absolute atomic E-state index is 0.511. The summed E-state index contributed by atoms with van der Waals surface area (Å²) in [4.78, 5) is 0. The van der Waals surface area contributed by atoms with Gasteiger partial charge in [0.25, 0.3) is 0 Å². The molecule has 0 aliphatic heterocycles. The monoisotopic (exact) mass is 876 g/mol. The van der Waals surface area contributed by atoms with E-state index in [1.54, 1.807) is 0 Å². The molecule has 2 heterocycles. The Bertz CT molecular complexity index is 4050. The average Bonchev–Trinajstić information content (AvgIpc) is 4.06. The number of benzene rings is 11. The van der Waals surface area contributed by atoms with Gasteiger partial charge in [-0.25, -0.2) is 0 Å². The first kappa shape index (κ1) is 39.2.